The van der Waals surface area contributed by atoms with Crippen molar-refractivity contribution in [3.8, 4) is 45.3 Å². The van der Waals surface area contributed by atoms with Crippen LogP contribution in [-0.2, 0) is 6.42 Å². The molecule has 238 valence electrons. The molecule has 1 aliphatic carbocycles. The van der Waals surface area contributed by atoms with Gasteiger partial charge in [0.2, 0.25) is 0 Å². The van der Waals surface area contributed by atoms with E-state index in [1.807, 2.05) is 6.20 Å². The molecular weight excluding hydrogens is 623 g/mol. The highest BCUT2D eigenvalue weighted by atomic mass is 15.0. The smallest absolute Gasteiger partial charge is 0.112 e. The van der Waals surface area contributed by atoms with Crippen molar-refractivity contribution in [2.45, 2.75) is 6.42 Å². The number of nitrogens with zero attached hydrogens (tertiary/aromatic N) is 5. The van der Waals surface area contributed by atoms with Crippen molar-refractivity contribution < 1.29 is 0 Å². The number of fused-ring (bicyclic) bond motifs is 9. The molecule has 0 aliphatic heterocycles. The molecule has 0 amide bonds. The summed E-state index contributed by atoms with van der Waals surface area (Å²) in [5.41, 5.74) is 14.7. The fourth-order valence-electron chi connectivity index (χ4n) is 8.02. The van der Waals surface area contributed by atoms with E-state index in [9.17, 15) is 0 Å². The molecule has 11 rings (SSSR count). The molecule has 0 fully saturated rings. The summed E-state index contributed by atoms with van der Waals surface area (Å²) in [6, 6.07) is 56.0. The van der Waals surface area contributed by atoms with Gasteiger partial charge in [0, 0.05) is 50.5 Å². The molecule has 5 nitrogen and oxygen atoms in total. The Kier molecular flexibility index (Phi) is 5.95. The molecule has 4 heterocycles. The lowest BCUT2D eigenvalue weighted by Crippen LogP contribution is -1.96. The molecule has 1 aliphatic rings. The van der Waals surface area contributed by atoms with Crippen LogP contribution in [0.2, 0.25) is 0 Å². The van der Waals surface area contributed by atoms with Gasteiger partial charge in [-0.15, -0.1) is 0 Å². The zero-order valence-corrected chi connectivity index (χ0v) is 27.5. The van der Waals surface area contributed by atoms with Crippen molar-refractivity contribution in [1.29, 1.82) is 0 Å². The second-order valence-corrected chi connectivity index (χ2v) is 13.3. The quantitative estimate of drug-likeness (QED) is 0.190. The predicted octanol–water partition coefficient (Wildman–Crippen LogP) is 11.0. The topological polar surface area (TPSA) is 48.5 Å². The lowest BCUT2D eigenvalue weighted by Gasteiger charge is -2.10. The van der Waals surface area contributed by atoms with Crippen molar-refractivity contribution in [3.05, 3.63) is 175 Å². The van der Waals surface area contributed by atoms with Crippen LogP contribution < -0.4 is 0 Å². The van der Waals surface area contributed by atoms with Gasteiger partial charge in [-0.25, -0.2) is 9.97 Å². The van der Waals surface area contributed by atoms with Gasteiger partial charge in [-0.05, 0) is 60.2 Å². The average molecular weight is 652 g/mol. The van der Waals surface area contributed by atoms with Crippen LogP contribution in [0.15, 0.2) is 164 Å². The first-order valence-corrected chi connectivity index (χ1v) is 17.3. The van der Waals surface area contributed by atoms with E-state index < -0.39 is 0 Å². The highest BCUT2D eigenvalue weighted by Gasteiger charge is 2.25. The Labute approximate surface area is 293 Å². The molecule has 0 bridgehead atoms. The molecular formula is C46H29N5. The van der Waals surface area contributed by atoms with Crippen LogP contribution in [0.25, 0.3) is 88.9 Å². The predicted molar refractivity (Wildman–Crippen MR) is 208 cm³/mol. The zero-order chi connectivity index (χ0) is 33.5. The number of para-hydroxylation sites is 4. The summed E-state index contributed by atoms with van der Waals surface area (Å²) in [4.78, 5) is 15.5. The first kappa shape index (κ1) is 28.0. The second-order valence-electron chi connectivity index (χ2n) is 13.3. The fourth-order valence-corrected chi connectivity index (χ4v) is 8.02. The summed E-state index contributed by atoms with van der Waals surface area (Å²) in [5.74, 6) is 0. The number of aromatic nitrogens is 5. The third kappa shape index (κ3) is 4.25. The van der Waals surface area contributed by atoms with Crippen molar-refractivity contribution in [1.82, 2.24) is 24.1 Å². The molecule has 0 radical (unpaired) electrons. The molecule has 0 N–H and O–H groups in total. The van der Waals surface area contributed by atoms with Gasteiger partial charge in [-0.3, -0.25) is 4.98 Å². The van der Waals surface area contributed by atoms with Crippen LogP contribution in [0.1, 0.15) is 11.3 Å². The second kappa shape index (κ2) is 10.8. The first-order valence-electron chi connectivity index (χ1n) is 17.3. The largest absolute Gasteiger partial charge is 0.309 e. The third-order valence-corrected chi connectivity index (χ3v) is 10.4. The summed E-state index contributed by atoms with van der Waals surface area (Å²) < 4.78 is 4.69. The van der Waals surface area contributed by atoms with E-state index in [0.717, 1.165) is 74.0 Å². The number of hydrogen-bond donors (Lipinski definition) is 0. The molecule has 5 heteroatoms. The molecule has 0 atom stereocenters. The Morgan fingerprint density at radius 1 is 0.412 bits per heavy atom. The van der Waals surface area contributed by atoms with E-state index in [2.05, 4.69) is 167 Å². The van der Waals surface area contributed by atoms with Gasteiger partial charge >= 0.3 is 0 Å². The zero-order valence-electron chi connectivity index (χ0n) is 27.5. The number of benzene rings is 6. The van der Waals surface area contributed by atoms with Crippen molar-refractivity contribution in [2.24, 2.45) is 0 Å². The standard InChI is InChI=1S/C46H29N5/c1-3-11-32(12-4-1)50-41-17-9-7-15-34(41)36-22-19-29(26-43(36)50)38-24-21-31-25-39-46(45(31)48-38)49-40(28-47-39)30-20-23-37-35-16-8-10-18-42(35)51(44(37)27-30)33-13-5-2-6-14-33/h1-24,26-28H,25H2. The van der Waals surface area contributed by atoms with Gasteiger partial charge in [0.05, 0.1) is 51.0 Å². The summed E-state index contributed by atoms with van der Waals surface area (Å²) in [5, 5.41) is 4.91. The molecule has 0 saturated carbocycles. The number of rotatable bonds is 4. The maximum absolute atomic E-state index is 5.28. The van der Waals surface area contributed by atoms with E-state index in [-0.39, 0.29) is 0 Å². The van der Waals surface area contributed by atoms with Gasteiger partial charge in [0.1, 0.15) is 5.69 Å². The maximum Gasteiger partial charge on any atom is 0.112 e. The monoisotopic (exact) mass is 651 g/mol. The fraction of sp³-hybridized carbons (Fsp3) is 0.0217. The van der Waals surface area contributed by atoms with Gasteiger partial charge in [-0.2, -0.15) is 0 Å². The van der Waals surface area contributed by atoms with Crippen LogP contribution in [0, 0.1) is 0 Å². The minimum Gasteiger partial charge on any atom is -0.309 e. The van der Waals surface area contributed by atoms with Crippen LogP contribution in [0.5, 0.6) is 0 Å². The molecule has 51 heavy (non-hydrogen) atoms. The Morgan fingerprint density at radius 3 is 1.53 bits per heavy atom. The Balaban J connectivity index is 1.03. The molecule has 10 aromatic rings. The third-order valence-electron chi connectivity index (χ3n) is 10.4. The minimum absolute atomic E-state index is 0.730. The summed E-state index contributed by atoms with van der Waals surface area (Å²) in [7, 11) is 0. The number of pyridine rings is 1. The van der Waals surface area contributed by atoms with Crippen LogP contribution >= 0.6 is 0 Å². The molecule has 0 spiro atoms. The molecule has 0 saturated heterocycles. The van der Waals surface area contributed by atoms with Crippen molar-refractivity contribution in [3.63, 3.8) is 0 Å². The van der Waals surface area contributed by atoms with E-state index in [0.29, 0.717) is 0 Å². The van der Waals surface area contributed by atoms with E-state index in [1.165, 1.54) is 32.6 Å². The molecule has 6 aromatic carbocycles. The normalized spacial score (nSPS) is 12.2. The van der Waals surface area contributed by atoms with Crippen LogP contribution in [0.4, 0.5) is 0 Å². The maximum atomic E-state index is 5.28. The highest BCUT2D eigenvalue weighted by Crippen LogP contribution is 2.39. The van der Waals surface area contributed by atoms with Crippen molar-refractivity contribution in [2.75, 3.05) is 0 Å². The van der Waals surface area contributed by atoms with Gasteiger partial charge < -0.3 is 9.13 Å². The van der Waals surface area contributed by atoms with Gasteiger partial charge in [-0.1, -0.05) is 103 Å². The van der Waals surface area contributed by atoms with Gasteiger partial charge in [0.15, 0.2) is 0 Å². The summed E-state index contributed by atoms with van der Waals surface area (Å²) in [6.07, 6.45) is 2.65. The average Bonchev–Trinajstić information content (AvgIpc) is 3.85. The molecule has 0 unspecified atom stereocenters. The number of hydrogen-bond acceptors (Lipinski definition) is 3. The van der Waals surface area contributed by atoms with E-state index in [1.54, 1.807) is 0 Å². The van der Waals surface area contributed by atoms with Crippen LogP contribution in [-0.4, -0.2) is 24.1 Å². The Morgan fingerprint density at radius 2 is 0.922 bits per heavy atom. The Hall–Kier alpha value is -6.85. The SMILES string of the molecule is c1ccc(-n2c3ccccc3c3ccc(-c4ccc5c(n4)-c4nc(-c6ccc7c8ccccc8n(-c8ccccc8)c7c6)cnc4C5)cc32)cc1. The lowest BCUT2D eigenvalue weighted by atomic mass is 10.1. The first-order chi connectivity index (χ1) is 25.3. The summed E-state index contributed by atoms with van der Waals surface area (Å²) >= 11 is 0. The minimum atomic E-state index is 0.730. The van der Waals surface area contributed by atoms with Crippen LogP contribution in [0.3, 0.4) is 0 Å². The Bertz CT molecular complexity index is 2790. The molecule has 4 aromatic heterocycles. The highest BCUT2D eigenvalue weighted by molar-refractivity contribution is 6.11. The van der Waals surface area contributed by atoms with Gasteiger partial charge in [0.25, 0.3) is 0 Å². The van der Waals surface area contributed by atoms with E-state index >= 15 is 0 Å². The summed E-state index contributed by atoms with van der Waals surface area (Å²) in [6.45, 7) is 0. The lowest BCUT2D eigenvalue weighted by molar-refractivity contribution is 1.09. The van der Waals surface area contributed by atoms with E-state index in [4.69, 9.17) is 15.0 Å². The van der Waals surface area contributed by atoms with Crippen molar-refractivity contribution >= 4 is 43.6 Å².